The van der Waals surface area contributed by atoms with Crippen LogP contribution in [0.4, 0.5) is 5.69 Å². The van der Waals surface area contributed by atoms with E-state index in [1.165, 1.54) is 18.1 Å². The molecule has 0 aliphatic rings. The molecular weight excluding hydrogens is 200 g/mol. The minimum absolute atomic E-state index is 0.0133. The number of nitrogens with one attached hydrogen (secondary N) is 1. The molecule has 16 heavy (non-hydrogen) atoms. The maximum absolute atomic E-state index is 11.2. The minimum atomic E-state index is 0.0133. The van der Waals surface area contributed by atoms with Crippen molar-refractivity contribution in [1.29, 1.82) is 0 Å². The molecular formula is C13H18N2O. The van der Waals surface area contributed by atoms with Crippen LogP contribution in [-0.2, 0) is 4.79 Å². The lowest BCUT2D eigenvalue weighted by molar-refractivity contribution is -0.111. The molecule has 0 atom stereocenters. The van der Waals surface area contributed by atoms with E-state index in [0.717, 1.165) is 5.69 Å². The number of carbonyl (C=O) groups is 1. The van der Waals surface area contributed by atoms with Gasteiger partial charge in [-0.15, -0.1) is 0 Å². The summed E-state index contributed by atoms with van der Waals surface area (Å²) in [6.07, 6.45) is 0.646. The first-order valence-electron chi connectivity index (χ1n) is 5.44. The van der Waals surface area contributed by atoms with E-state index in [9.17, 15) is 4.79 Å². The minimum Gasteiger partial charge on any atom is -0.293 e. The quantitative estimate of drug-likeness (QED) is 0.623. The first-order valence-corrected chi connectivity index (χ1v) is 5.44. The van der Waals surface area contributed by atoms with Crippen LogP contribution in [0.5, 0.6) is 0 Å². The van der Waals surface area contributed by atoms with Gasteiger partial charge in [-0.25, -0.2) is 0 Å². The predicted octanol–water partition coefficient (Wildman–Crippen LogP) is 3.07. The van der Waals surface area contributed by atoms with Gasteiger partial charge in [-0.1, -0.05) is 13.0 Å². The number of benzene rings is 1. The Labute approximate surface area is 96.6 Å². The molecule has 0 fully saturated rings. The monoisotopic (exact) mass is 218 g/mol. The SMILES string of the molecule is CCC(=NNc1cc(C)cc(C)c1)C(C)=O. The molecule has 3 heteroatoms. The third kappa shape index (κ3) is 3.50. The van der Waals surface area contributed by atoms with Crippen molar-refractivity contribution >= 4 is 17.2 Å². The standard InChI is InChI=1S/C13H18N2O/c1-5-13(11(4)16)15-14-12-7-9(2)6-10(3)8-12/h6-8,14H,5H2,1-4H3. The number of aryl methyl sites for hydroxylation is 2. The number of Topliss-reactive ketones (excluding diaryl/α,β-unsaturated/α-hetero) is 1. The van der Waals surface area contributed by atoms with Crippen molar-refractivity contribution < 1.29 is 4.79 Å². The summed E-state index contributed by atoms with van der Waals surface area (Å²) in [5, 5.41) is 4.11. The zero-order valence-corrected chi connectivity index (χ0v) is 10.3. The van der Waals surface area contributed by atoms with Crippen molar-refractivity contribution in [1.82, 2.24) is 0 Å². The summed E-state index contributed by atoms with van der Waals surface area (Å²) in [6.45, 7) is 7.52. The highest BCUT2D eigenvalue weighted by Gasteiger charge is 2.02. The molecule has 0 aliphatic carbocycles. The number of hydrazone groups is 1. The van der Waals surface area contributed by atoms with Gasteiger partial charge in [0.25, 0.3) is 0 Å². The van der Waals surface area contributed by atoms with Crippen molar-refractivity contribution in [2.24, 2.45) is 5.10 Å². The van der Waals surface area contributed by atoms with E-state index in [-0.39, 0.29) is 5.78 Å². The average Bonchev–Trinajstić information content (AvgIpc) is 2.16. The van der Waals surface area contributed by atoms with Gasteiger partial charge in [0.2, 0.25) is 0 Å². The van der Waals surface area contributed by atoms with E-state index < -0.39 is 0 Å². The van der Waals surface area contributed by atoms with Crippen LogP contribution in [0, 0.1) is 13.8 Å². The van der Waals surface area contributed by atoms with Crippen LogP contribution in [0.3, 0.4) is 0 Å². The number of ketones is 1. The van der Waals surface area contributed by atoms with Crippen LogP contribution in [0.15, 0.2) is 23.3 Å². The molecule has 1 aromatic rings. The molecule has 1 rings (SSSR count). The third-order valence-electron chi connectivity index (χ3n) is 2.28. The number of nitrogens with zero attached hydrogens (tertiary/aromatic N) is 1. The van der Waals surface area contributed by atoms with E-state index in [0.29, 0.717) is 12.1 Å². The van der Waals surface area contributed by atoms with Gasteiger partial charge >= 0.3 is 0 Å². The molecule has 0 aliphatic heterocycles. The molecule has 1 aromatic carbocycles. The first-order chi connectivity index (χ1) is 7.52. The second-order valence-corrected chi connectivity index (χ2v) is 3.96. The first kappa shape index (κ1) is 12.4. The molecule has 0 heterocycles. The second kappa shape index (κ2) is 5.45. The summed E-state index contributed by atoms with van der Waals surface area (Å²) in [6, 6.07) is 6.11. The zero-order valence-electron chi connectivity index (χ0n) is 10.3. The smallest absolute Gasteiger partial charge is 0.175 e. The molecule has 0 saturated heterocycles. The number of carbonyl (C=O) groups excluding carboxylic acids is 1. The topological polar surface area (TPSA) is 41.5 Å². The van der Waals surface area contributed by atoms with Crippen LogP contribution in [-0.4, -0.2) is 11.5 Å². The molecule has 0 spiro atoms. The molecule has 1 N–H and O–H groups in total. The Hall–Kier alpha value is -1.64. The molecule has 3 nitrogen and oxygen atoms in total. The Morgan fingerprint density at radius 3 is 2.25 bits per heavy atom. The van der Waals surface area contributed by atoms with E-state index in [4.69, 9.17) is 0 Å². The van der Waals surface area contributed by atoms with E-state index >= 15 is 0 Å². The number of rotatable bonds is 4. The molecule has 0 unspecified atom stereocenters. The number of hydrogen-bond donors (Lipinski definition) is 1. The Kier molecular flexibility index (Phi) is 4.23. The average molecular weight is 218 g/mol. The summed E-state index contributed by atoms with van der Waals surface area (Å²) >= 11 is 0. The Bertz CT molecular complexity index is 402. The third-order valence-corrected chi connectivity index (χ3v) is 2.28. The van der Waals surface area contributed by atoms with Crippen LogP contribution < -0.4 is 5.43 Å². The van der Waals surface area contributed by atoms with E-state index in [1.807, 2.05) is 32.9 Å². The molecule has 0 saturated carbocycles. The van der Waals surface area contributed by atoms with Gasteiger partial charge in [0, 0.05) is 6.92 Å². The van der Waals surface area contributed by atoms with Crippen LogP contribution >= 0.6 is 0 Å². The fourth-order valence-electron chi connectivity index (χ4n) is 1.58. The largest absolute Gasteiger partial charge is 0.293 e. The summed E-state index contributed by atoms with van der Waals surface area (Å²) in [5.41, 5.74) is 6.77. The lowest BCUT2D eigenvalue weighted by Crippen LogP contribution is -2.10. The van der Waals surface area contributed by atoms with Gasteiger partial charge in [0.1, 0.15) is 5.71 Å². The maximum atomic E-state index is 11.2. The van der Waals surface area contributed by atoms with Crippen molar-refractivity contribution in [3.63, 3.8) is 0 Å². The summed E-state index contributed by atoms with van der Waals surface area (Å²) in [5.74, 6) is 0.0133. The van der Waals surface area contributed by atoms with E-state index in [2.05, 4.69) is 16.6 Å². The molecule has 0 aromatic heterocycles. The molecule has 86 valence electrons. The second-order valence-electron chi connectivity index (χ2n) is 3.96. The fraction of sp³-hybridized carbons (Fsp3) is 0.385. The number of hydrogen-bond acceptors (Lipinski definition) is 3. The maximum Gasteiger partial charge on any atom is 0.175 e. The Balaban J connectivity index is 2.84. The van der Waals surface area contributed by atoms with Crippen LogP contribution in [0.2, 0.25) is 0 Å². The molecule has 0 radical (unpaired) electrons. The van der Waals surface area contributed by atoms with Crippen LogP contribution in [0.1, 0.15) is 31.4 Å². The molecule has 0 amide bonds. The van der Waals surface area contributed by atoms with Crippen molar-refractivity contribution in [3.8, 4) is 0 Å². The van der Waals surface area contributed by atoms with Gasteiger partial charge in [-0.3, -0.25) is 10.2 Å². The lowest BCUT2D eigenvalue weighted by atomic mass is 10.1. The van der Waals surface area contributed by atoms with Crippen molar-refractivity contribution in [3.05, 3.63) is 29.3 Å². The van der Waals surface area contributed by atoms with Gasteiger partial charge in [-0.2, -0.15) is 5.10 Å². The highest BCUT2D eigenvalue weighted by Crippen LogP contribution is 2.13. The predicted molar refractivity (Wildman–Crippen MR) is 67.9 cm³/mol. The van der Waals surface area contributed by atoms with Gasteiger partial charge in [0.15, 0.2) is 5.78 Å². The highest BCUT2D eigenvalue weighted by atomic mass is 16.1. The zero-order chi connectivity index (χ0) is 12.1. The van der Waals surface area contributed by atoms with Gasteiger partial charge in [0.05, 0.1) is 5.69 Å². The number of anilines is 1. The lowest BCUT2D eigenvalue weighted by Gasteiger charge is -2.05. The van der Waals surface area contributed by atoms with Crippen molar-refractivity contribution in [2.75, 3.05) is 5.43 Å². The van der Waals surface area contributed by atoms with Gasteiger partial charge < -0.3 is 0 Å². The normalized spacial score (nSPS) is 11.4. The van der Waals surface area contributed by atoms with Crippen LogP contribution in [0.25, 0.3) is 0 Å². The highest BCUT2D eigenvalue weighted by molar-refractivity contribution is 6.38. The van der Waals surface area contributed by atoms with Gasteiger partial charge in [-0.05, 0) is 43.5 Å². The summed E-state index contributed by atoms with van der Waals surface area (Å²) in [7, 11) is 0. The Morgan fingerprint density at radius 1 is 1.25 bits per heavy atom. The Morgan fingerprint density at radius 2 is 1.81 bits per heavy atom. The van der Waals surface area contributed by atoms with Crippen molar-refractivity contribution in [2.45, 2.75) is 34.1 Å². The van der Waals surface area contributed by atoms with E-state index in [1.54, 1.807) is 0 Å². The summed E-state index contributed by atoms with van der Waals surface area (Å²) in [4.78, 5) is 11.2. The molecule has 0 bridgehead atoms. The fourth-order valence-corrected chi connectivity index (χ4v) is 1.58. The summed E-state index contributed by atoms with van der Waals surface area (Å²) < 4.78 is 0.